The molecule has 0 spiro atoms. The van der Waals surface area contributed by atoms with E-state index in [1.165, 1.54) is 29.3 Å². The van der Waals surface area contributed by atoms with Crippen LogP contribution in [-0.4, -0.2) is 24.1 Å². The van der Waals surface area contributed by atoms with Gasteiger partial charge in [-0.1, -0.05) is 20.3 Å². The number of aromatic nitrogens is 1. The minimum absolute atomic E-state index is 0.738. The second-order valence-corrected chi connectivity index (χ2v) is 6.41. The SMILES string of the molecule is CCC(C)CN(CC)c1ncc(CNC2CC2)s1. The number of anilines is 1. The topological polar surface area (TPSA) is 28.2 Å². The van der Waals surface area contributed by atoms with Gasteiger partial charge in [0.2, 0.25) is 0 Å². The lowest BCUT2D eigenvalue weighted by molar-refractivity contribution is 0.547. The first-order chi connectivity index (χ1) is 8.72. The maximum absolute atomic E-state index is 4.58. The van der Waals surface area contributed by atoms with Crippen LogP contribution in [-0.2, 0) is 6.54 Å². The maximum atomic E-state index is 4.58. The molecule has 102 valence electrons. The van der Waals surface area contributed by atoms with E-state index < -0.39 is 0 Å². The van der Waals surface area contributed by atoms with Gasteiger partial charge in [-0.3, -0.25) is 0 Å². The van der Waals surface area contributed by atoms with Gasteiger partial charge in [-0.25, -0.2) is 4.98 Å². The molecule has 1 atom stereocenters. The first-order valence-electron chi connectivity index (χ1n) is 7.16. The summed E-state index contributed by atoms with van der Waals surface area (Å²) in [7, 11) is 0. The van der Waals surface area contributed by atoms with Crippen molar-refractivity contribution in [2.24, 2.45) is 5.92 Å². The average Bonchev–Trinajstić information content (AvgIpc) is 3.11. The number of nitrogens with one attached hydrogen (secondary N) is 1. The molecule has 1 unspecified atom stereocenters. The standard InChI is InChI=1S/C14H25N3S/c1-4-11(3)10-17(5-2)14-16-9-13(18-14)8-15-12-6-7-12/h9,11-12,15H,4-8,10H2,1-3H3. The average molecular weight is 267 g/mol. The highest BCUT2D eigenvalue weighted by molar-refractivity contribution is 7.15. The van der Waals surface area contributed by atoms with Crippen LogP contribution in [0.3, 0.4) is 0 Å². The van der Waals surface area contributed by atoms with E-state index in [-0.39, 0.29) is 0 Å². The van der Waals surface area contributed by atoms with Crippen LogP contribution in [0.1, 0.15) is 44.9 Å². The van der Waals surface area contributed by atoms with Crippen molar-refractivity contribution in [2.75, 3.05) is 18.0 Å². The van der Waals surface area contributed by atoms with E-state index in [0.29, 0.717) is 0 Å². The van der Waals surface area contributed by atoms with Crippen molar-refractivity contribution in [1.82, 2.24) is 10.3 Å². The van der Waals surface area contributed by atoms with Crippen LogP contribution in [0.4, 0.5) is 5.13 Å². The van der Waals surface area contributed by atoms with Gasteiger partial charge in [0.1, 0.15) is 0 Å². The zero-order chi connectivity index (χ0) is 13.0. The lowest BCUT2D eigenvalue weighted by Gasteiger charge is -2.23. The fourth-order valence-electron chi connectivity index (χ4n) is 1.91. The van der Waals surface area contributed by atoms with E-state index in [1.54, 1.807) is 0 Å². The van der Waals surface area contributed by atoms with Gasteiger partial charge in [-0.2, -0.15) is 0 Å². The highest BCUT2D eigenvalue weighted by atomic mass is 32.1. The Bertz CT molecular complexity index is 360. The van der Waals surface area contributed by atoms with Crippen molar-refractivity contribution in [3.8, 4) is 0 Å². The van der Waals surface area contributed by atoms with Crippen molar-refractivity contribution in [3.05, 3.63) is 11.1 Å². The molecule has 0 radical (unpaired) electrons. The summed E-state index contributed by atoms with van der Waals surface area (Å²) in [5, 5.41) is 4.73. The van der Waals surface area contributed by atoms with Crippen LogP contribution in [0.5, 0.6) is 0 Å². The Hall–Kier alpha value is -0.610. The molecule has 1 saturated carbocycles. The Morgan fingerprint density at radius 1 is 1.50 bits per heavy atom. The molecule has 4 heteroatoms. The lowest BCUT2D eigenvalue weighted by Crippen LogP contribution is -2.27. The van der Waals surface area contributed by atoms with Crippen LogP contribution in [0.15, 0.2) is 6.20 Å². The third-order valence-electron chi connectivity index (χ3n) is 3.56. The van der Waals surface area contributed by atoms with Crippen molar-refractivity contribution in [1.29, 1.82) is 0 Å². The fourth-order valence-corrected chi connectivity index (χ4v) is 2.84. The van der Waals surface area contributed by atoms with Crippen LogP contribution < -0.4 is 10.2 Å². The largest absolute Gasteiger partial charge is 0.348 e. The zero-order valence-corrected chi connectivity index (χ0v) is 12.6. The molecule has 1 aromatic rings. The molecule has 0 aromatic carbocycles. The van der Waals surface area contributed by atoms with Gasteiger partial charge < -0.3 is 10.2 Å². The Morgan fingerprint density at radius 3 is 2.89 bits per heavy atom. The normalized spacial score (nSPS) is 16.8. The van der Waals surface area contributed by atoms with E-state index in [1.807, 2.05) is 17.5 Å². The number of nitrogens with zero attached hydrogens (tertiary/aromatic N) is 2. The predicted molar refractivity (Wildman–Crippen MR) is 79.3 cm³/mol. The summed E-state index contributed by atoms with van der Waals surface area (Å²) >= 11 is 1.84. The van der Waals surface area contributed by atoms with Gasteiger partial charge in [-0.05, 0) is 25.7 Å². The third-order valence-corrected chi connectivity index (χ3v) is 4.62. The van der Waals surface area contributed by atoms with Crippen LogP contribution in [0.2, 0.25) is 0 Å². The lowest BCUT2D eigenvalue weighted by atomic mass is 10.1. The Kier molecular flexibility index (Phi) is 5.01. The summed E-state index contributed by atoms with van der Waals surface area (Å²) in [6.07, 6.45) is 5.97. The van der Waals surface area contributed by atoms with E-state index in [4.69, 9.17) is 0 Å². The summed E-state index contributed by atoms with van der Waals surface area (Å²) < 4.78 is 0. The molecule has 3 nitrogen and oxygen atoms in total. The highest BCUT2D eigenvalue weighted by Crippen LogP contribution is 2.25. The second kappa shape index (κ2) is 6.53. The second-order valence-electron chi connectivity index (χ2n) is 5.32. The van der Waals surface area contributed by atoms with Crippen molar-refractivity contribution < 1.29 is 0 Å². The molecule has 0 aliphatic heterocycles. The summed E-state index contributed by atoms with van der Waals surface area (Å²) in [4.78, 5) is 8.34. The molecule has 1 fully saturated rings. The van der Waals surface area contributed by atoms with Crippen LogP contribution in [0.25, 0.3) is 0 Å². The quantitative estimate of drug-likeness (QED) is 0.783. The number of hydrogen-bond acceptors (Lipinski definition) is 4. The molecule has 0 bridgehead atoms. The van der Waals surface area contributed by atoms with Gasteiger partial charge in [0.15, 0.2) is 5.13 Å². The Balaban J connectivity index is 1.88. The Labute approximate surface area is 115 Å². The molecule has 2 rings (SSSR count). The monoisotopic (exact) mass is 267 g/mol. The third kappa shape index (κ3) is 3.95. The van der Waals surface area contributed by atoms with Crippen molar-refractivity contribution in [2.45, 2.75) is 52.6 Å². The van der Waals surface area contributed by atoms with Crippen molar-refractivity contribution >= 4 is 16.5 Å². The fraction of sp³-hybridized carbons (Fsp3) is 0.786. The summed E-state index contributed by atoms with van der Waals surface area (Å²) in [5.41, 5.74) is 0. The van der Waals surface area contributed by atoms with Crippen LogP contribution >= 0.6 is 11.3 Å². The van der Waals surface area contributed by atoms with E-state index in [2.05, 4.69) is 36.0 Å². The Morgan fingerprint density at radius 2 is 2.28 bits per heavy atom. The molecule has 1 heterocycles. The van der Waals surface area contributed by atoms with E-state index in [0.717, 1.165) is 31.6 Å². The summed E-state index contributed by atoms with van der Waals surface area (Å²) in [6, 6.07) is 0.776. The minimum atomic E-state index is 0.738. The molecule has 0 saturated heterocycles. The predicted octanol–water partition coefficient (Wildman–Crippen LogP) is 3.27. The van der Waals surface area contributed by atoms with Gasteiger partial charge in [0.25, 0.3) is 0 Å². The smallest absolute Gasteiger partial charge is 0.185 e. The summed E-state index contributed by atoms with van der Waals surface area (Å²) in [5.74, 6) is 0.738. The maximum Gasteiger partial charge on any atom is 0.185 e. The van der Waals surface area contributed by atoms with E-state index >= 15 is 0 Å². The molecular formula is C14H25N3S. The molecule has 18 heavy (non-hydrogen) atoms. The zero-order valence-electron chi connectivity index (χ0n) is 11.8. The minimum Gasteiger partial charge on any atom is -0.348 e. The number of rotatable bonds is 8. The molecule has 1 aliphatic carbocycles. The van der Waals surface area contributed by atoms with Gasteiger partial charge in [-0.15, -0.1) is 11.3 Å². The molecule has 0 amide bonds. The first-order valence-corrected chi connectivity index (χ1v) is 7.97. The number of hydrogen-bond donors (Lipinski definition) is 1. The number of thiazole rings is 1. The first kappa shape index (κ1) is 13.8. The highest BCUT2D eigenvalue weighted by Gasteiger charge is 2.20. The molecule has 1 N–H and O–H groups in total. The molecule has 1 aromatic heterocycles. The van der Waals surface area contributed by atoms with Gasteiger partial charge in [0, 0.05) is 36.8 Å². The molecule has 1 aliphatic rings. The van der Waals surface area contributed by atoms with Crippen molar-refractivity contribution in [3.63, 3.8) is 0 Å². The van der Waals surface area contributed by atoms with E-state index in [9.17, 15) is 0 Å². The van der Waals surface area contributed by atoms with Gasteiger partial charge in [0.05, 0.1) is 0 Å². The van der Waals surface area contributed by atoms with Crippen LogP contribution in [0, 0.1) is 5.92 Å². The van der Waals surface area contributed by atoms with Gasteiger partial charge >= 0.3 is 0 Å². The molecular weight excluding hydrogens is 242 g/mol. The summed E-state index contributed by atoms with van der Waals surface area (Å²) in [6.45, 7) is 9.94.